The first-order chi connectivity index (χ1) is 25.5. The van der Waals surface area contributed by atoms with E-state index in [9.17, 15) is 4.79 Å². The van der Waals surface area contributed by atoms with Crippen LogP contribution in [0.15, 0.2) is 115 Å². The van der Waals surface area contributed by atoms with Crippen molar-refractivity contribution < 1.29 is 14.3 Å². The molecule has 5 aromatic rings. The Morgan fingerprint density at radius 2 is 1.33 bits per heavy atom. The third-order valence-corrected chi connectivity index (χ3v) is 9.23. The molecule has 6 nitrogen and oxygen atoms in total. The highest BCUT2D eigenvalue weighted by Crippen LogP contribution is 2.28. The number of nitriles is 1. The monoisotopic (exact) mass is 689 g/mol. The maximum Gasteiger partial charge on any atom is 0.336 e. The van der Waals surface area contributed by atoms with E-state index in [1.54, 1.807) is 6.08 Å². The second-order valence-electron chi connectivity index (χ2n) is 13.1. The highest BCUT2D eigenvalue weighted by atomic mass is 16.5. The van der Waals surface area contributed by atoms with Gasteiger partial charge in [0.1, 0.15) is 5.75 Å². The molecule has 0 unspecified atom stereocenters. The van der Waals surface area contributed by atoms with E-state index in [-0.39, 0.29) is 12.3 Å². The summed E-state index contributed by atoms with van der Waals surface area (Å²) in [7, 11) is 2.16. The van der Waals surface area contributed by atoms with Gasteiger partial charge in [0.25, 0.3) is 5.70 Å². The smallest absolute Gasteiger partial charge is 0.336 e. The molecule has 0 saturated carbocycles. The molecule has 6 heteroatoms. The van der Waals surface area contributed by atoms with Crippen LogP contribution in [0.4, 0.5) is 5.69 Å². The van der Waals surface area contributed by atoms with Crippen LogP contribution >= 0.6 is 0 Å². The number of carbonyl (C=O) groups is 1. The summed E-state index contributed by atoms with van der Waals surface area (Å²) in [5, 5.41) is 11.1. The fourth-order valence-corrected chi connectivity index (χ4v) is 6.11. The molecule has 0 heterocycles. The summed E-state index contributed by atoms with van der Waals surface area (Å²) >= 11 is 0. The summed E-state index contributed by atoms with van der Waals surface area (Å²) in [4.78, 5) is 18.5. The molecule has 0 aliphatic carbocycles. The number of anilines is 1. The van der Waals surface area contributed by atoms with Crippen LogP contribution in [0.25, 0.3) is 43.9 Å². The predicted molar refractivity (Wildman–Crippen MR) is 213 cm³/mol. The van der Waals surface area contributed by atoms with E-state index in [0.29, 0.717) is 12.2 Å². The van der Waals surface area contributed by atoms with E-state index in [1.165, 1.54) is 36.9 Å². The van der Waals surface area contributed by atoms with E-state index in [1.807, 2.05) is 66.7 Å². The minimum Gasteiger partial charge on any atom is -0.494 e. The van der Waals surface area contributed by atoms with Crippen molar-refractivity contribution in [3.8, 4) is 34.1 Å². The summed E-state index contributed by atoms with van der Waals surface area (Å²) in [6.45, 7) is 11.8. The minimum absolute atomic E-state index is 0.0232. The van der Waals surface area contributed by atoms with E-state index >= 15 is 0 Å². The zero-order valence-electron chi connectivity index (χ0n) is 30.3. The zero-order valence-corrected chi connectivity index (χ0v) is 30.3. The molecule has 0 radical (unpaired) electrons. The van der Waals surface area contributed by atoms with Gasteiger partial charge in [-0.3, -0.25) is 4.79 Å². The van der Waals surface area contributed by atoms with Gasteiger partial charge in [0.15, 0.2) is 0 Å². The molecule has 264 valence electrons. The quantitative estimate of drug-likeness (QED) is 0.0396. The second kappa shape index (κ2) is 19.5. The van der Waals surface area contributed by atoms with Crippen molar-refractivity contribution in [3.63, 3.8) is 0 Å². The summed E-state index contributed by atoms with van der Waals surface area (Å²) in [6.07, 6.45) is 10.1. The molecular formula is C46H47N3O3. The molecule has 0 N–H and O–H groups in total. The van der Waals surface area contributed by atoms with Crippen molar-refractivity contribution in [3.05, 3.63) is 137 Å². The first-order valence-electron chi connectivity index (χ1n) is 18.3. The normalized spacial score (nSPS) is 11.1. The Morgan fingerprint density at radius 3 is 2.02 bits per heavy atom. The second-order valence-corrected chi connectivity index (χ2v) is 13.1. The van der Waals surface area contributed by atoms with Gasteiger partial charge in [-0.2, -0.15) is 5.26 Å². The van der Waals surface area contributed by atoms with E-state index in [4.69, 9.17) is 21.3 Å². The lowest BCUT2D eigenvalue weighted by molar-refractivity contribution is -0.138. The Kier molecular flexibility index (Phi) is 14.0. The van der Waals surface area contributed by atoms with Gasteiger partial charge in [-0.15, -0.1) is 0 Å². The Hall–Kier alpha value is -5.85. The Morgan fingerprint density at radius 1 is 0.731 bits per heavy atom. The van der Waals surface area contributed by atoms with Gasteiger partial charge in [0.2, 0.25) is 0 Å². The summed E-state index contributed by atoms with van der Waals surface area (Å²) in [6, 6.07) is 38.7. The van der Waals surface area contributed by atoms with Crippen molar-refractivity contribution in [1.29, 1.82) is 5.26 Å². The number of rotatable bonds is 18. The molecule has 0 saturated heterocycles. The third kappa shape index (κ3) is 10.8. The summed E-state index contributed by atoms with van der Waals surface area (Å²) in [5.41, 5.74) is 7.09. The molecule has 52 heavy (non-hydrogen) atoms. The van der Waals surface area contributed by atoms with Crippen molar-refractivity contribution in [2.75, 3.05) is 31.7 Å². The van der Waals surface area contributed by atoms with Gasteiger partial charge in [0, 0.05) is 19.3 Å². The molecule has 0 aliphatic rings. The first-order valence-corrected chi connectivity index (χ1v) is 18.3. The molecule has 0 atom stereocenters. The fourth-order valence-electron chi connectivity index (χ4n) is 6.11. The van der Waals surface area contributed by atoms with Gasteiger partial charge in [-0.05, 0) is 125 Å². The molecular weight excluding hydrogens is 643 g/mol. The van der Waals surface area contributed by atoms with Crippen LogP contribution < -0.4 is 9.64 Å². The molecule has 0 aliphatic heterocycles. The average molecular weight is 690 g/mol. The van der Waals surface area contributed by atoms with Gasteiger partial charge in [-0.25, -0.2) is 4.85 Å². The summed E-state index contributed by atoms with van der Waals surface area (Å²) < 4.78 is 11.3. The molecule has 0 fully saturated rings. The minimum atomic E-state index is -0.590. The Labute approximate surface area is 308 Å². The zero-order chi connectivity index (χ0) is 36.5. The fraction of sp³-hybridized carbons (Fsp3) is 0.283. The predicted octanol–water partition coefficient (Wildman–Crippen LogP) is 11.5. The number of hydrogen-bond acceptors (Lipinski definition) is 5. The maximum absolute atomic E-state index is 12.7. The topological polar surface area (TPSA) is 66.9 Å². The number of benzene rings is 5. The third-order valence-electron chi connectivity index (χ3n) is 9.23. The van der Waals surface area contributed by atoms with Crippen molar-refractivity contribution >= 4 is 28.5 Å². The maximum atomic E-state index is 12.7. The highest BCUT2D eigenvalue weighted by Gasteiger charge is 2.12. The number of fused-ring (bicyclic) bond motifs is 1. The molecule has 0 aromatic heterocycles. The van der Waals surface area contributed by atoms with E-state index in [0.717, 1.165) is 71.0 Å². The lowest BCUT2D eigenvalue weighted by Gasteiger charge is -2.19. The SMILES string of the molecule is [C-]#[N+]C(=Cc1ccc2cc(-c3ccc(N(C)CCCCCC)cc3)ccc2c1)C(=O)OCCCCCCOc1ccc(-c2ccc(C#N)cc2)cc1. The number of esters is 1. The highest BCUT2D eigenvalue weighted by molar-refractivity contribution is 5.97. The van der Waals surface area contributed by atoms with Crippen LogP contribution in [-0.4, -0.2) is 32.8 Å². The van der Waals surface area contributed by atoms with Crippen LogP contribution in [0.5, 0.6) is 5.75 Å². The van der Waals surface area contributed by atoms with Crippen LogP contribution in [0, 0.1) is 17.9 Å². The summed E-state index contributed by atoms with van der Waals surface area (Å²) in [5.74, 6) is 0.228. The average Bonchev–Trinajstić information content (AvgIpc) is 3.19. The standard InChI is InChI=1S/C46H47N3O3/c1-4-5-6-9-28-49(3)43-24-20-39(21-25-43)41-19-18-40-31-36(14-17-42(40)33-41)32-45(48-2)46(50)52-30-11-8-7-10-29-51-44-26-22-38(23-27-44)37-15-12-35(34-47)13-16-37/h12-27,31-33H,4-11,28-30H2,1,3H3. The van der Waals surface area contributed by atoms with E-state index in [2.05, 4.69) is 72.3 Å². The molecule has 0 spiro atoms. The van der Waals surface area contributed by atoms with Gasteiger partial charge in [-0.1, -0.05) is 86.8 Å². The van der Waals surface area contributed by atoms with E-state index < -0.39 is 5.97 Å². The number of unbranched alkanes of at least 4 members (excludes halogenated alkanes) is 6. The van der Waals surface area contributed by atoms with Crippen molar-refractivity contribution in [2.24, 2.45) is 0 Å². The number of carbonyl (C=O) groups excluding carboxylic acids is 1. The Bertz CT molecular complexity index is 2020. The molecule has 5 aromatic carbocycles. The molecule has 0 bridgehead atoms. The van der Waals surface area contributed by atoms with Crippen molar-refractivity contribution in [2.45, 2.75) is 58.3 Å². The van der Waals surface area contributed by atoms with Crippen LogP contribution in [0.1, 0.15) is 69.4 Å². The van der Waals surface area contributed by atoms with Crippen LogP contribution in [0.2, 0.25) is 0 Å². The molecule has 0 amide bonds. The lowest BCUT2D eigenvalue weighted by Crippen LogP contribution is -2.18. The van der Waals surface area contributed by atoms with Crippen molar-refractivity contribution in [1.82, 2.24) is 0 Å². The number of hydrogen-bond donors (Lipinski definition) is 0. The number of nitrogens with zero attached hydrogens (tertiary/aromatic N) is 3. The largest absolute Gasteiger partial charge is 0.494 e. The molecule has 5 rings (SSSR count). The number of ether oxygens (including phenoxy) is 2. The Balaban J connectivity index is 1.03. The first kappa shape index (κ1) is 37.4. The van der Waals surface area contributed by atoms with Gasteiger partial charge in [0.05, 0.1) is 31.4 Å². The van der Waals surface area contributed by atoms with Crippen LogP contribution in [0.3, 0.4) is 0 Å². The van der Waals surface area contributed by atoms with Gasteiger partial charge >= 0.3 is 5.97 Å². The lowest BCUT2D eigenvalue weighted by atomic mass is 9.99. The van der Waals surface area contributed by atoms with Crippen LogP contribution in [-0.2, 0) is 9.53 Å². The van der Waals surface area contributed by atoms with Gasteiger partial charge < -0.3 is 14.4 Å².